The average molecular weight is 263 g/mol. The molecule has 1 heterocycles. The van der Waals surface area contributed by atoms with Gasteiger partial charge in [0.15, 0.2) is 5.82 Å². The Bertz CT molecular complexity index is 413. The van der Waals surface area contributed by atoms with Gasteiger partial charge < -0.3 is 9.64 Å². The molecule has 1 aromatic heterocycles. The Kier molecular flexibility index (Phi) is 4.71. The Morgan fingerprint density at radius 3 is 2.68 bits per heavy atom. The van der Waals surface area contributed by atoms with Gasteiger partial charge >= 0.3 is 5.97 Å². The minimum Gasteiger partial charge on any atom is -0.469 e. The van der Waals surface area contributed by atoms with Crippen LogP contribution >= 0.6 is 0 Å². The van der Waals surface area contributed by atoms with Crippen molar-refractivity contribution in [2.75, 3.05) is 25.6 Å². The number of hydrogen-bond donors (Lipinski definition) is 0. The van der Waals surface area contributed by atoms with Crippen LogP contribution in [0.25, 0.3) is 0 Å². The highest BCUT2D eigenvalue weighted by molar-refractivity contribution is 5.69. The maximum atomic E-state index is 11.1. The van der Waals surface area contributed by atoms with E-state index in [1.54, 1.807) is 0 Å². The van der Waals surface area contributed by atoms with Crippen LogP contribution in [0.2, 0.25) is 0 Å². The van der Waals surface area contributed by atoms with Gasteiger partial charge in [-0.15, -0.1) is 5.10 Å². The van der Waals surface area contributed by atoms with Crippen molar-refractivity contribution in [3.05, 3.63) is 17.8 Å². The van der Waals surface area contributed by atoms with Crippen molar-refractivity contribution < 1.29 is 9.53 Å². The van der Waals surface area contributed by atoms with Gasteiger partial charge in [0.1, 0.15) is 0 Å². The summed E-state index contributed by atoms with van der Waals surface area (Å²) in [6, 6.07) is 4.05. The van der Waals surface area contributed by atoms with Gasteiger partial charge in [-0.25, -0.2) is 0 Å². The second kappa shape index (κ2) is 6.50. The summed E-state index contributed by atoms with van der Waals surface area (Å²) in [5.41, 5.74) is 1.10. The first-order valence-electron chi connectivity index (χ1n) is 6.82. The van der Waals surface area contributed by atoms with Gasteiger partial charge in [-0.3, -0.25) is 4.79 Å². The fraction of sp³-hybridized carbons (Fsp3) is 0.643. The van der Waals surface area contributed by atoms with Crippen LogP contribution in [0.15, 0.2) is 12.1 Å². The summed E-state index contributed by atoms with van der Waals surface area (Å²) in [5, 5.41) is 8.57. The SMILES string of the molecule is COC(=O)CCN(C)c1ccc(C2CCCC2)nn1. The summed E-state index contributed by atoms with van der Waals surface area (Å²) >= 11 is 0. The van der Waals surface area contributed by atoms with Crippen molar-refractivity contribution in [1.82, 2.24) is 10.2 Å². The highest BCUT2D eigenvalue weighted by Crippen LogP contribution is 2.32. The second-order valence-electron chi connectivity index (χ2n) is 5.05. The Labute approximate surface area is 114 Å². The fourth-order valence-corrected chi connectivity index (χ4v) is 2.45. The van der Waals surface area contributed by atoms with Gasteiger partial charge in [-0.2, -0.15) is 5.10 Å². The average Bonchev–Trinajstić information content (AvgIpc) is 2.98. The molecule has 0 N–H and O–H groups in total. The molecular weight excluding hydrogens is 242 g/mol. The zero-order chi connectivity index (χ0) is 13.7. The minimum absolute atomic E-state index is 0.206. The van der Waals surface area contributed by atoms with Gasteiger partial charge in [0.2, 0.25) is 0 Å². The lowest BCUT2D eigenvalue weighted by Crippen LogP contribution is -2.23. The van der Waals surface area contributed by atoms with Crippen LogP contribution in [0.5, 0.6) is 0 Å². The number of nitrogens with zero attached hydrogens (tertiary/aromatic N) is 3. The van der Waals surface area contributed by atoms with Crippen LogP contribution in [-0.4, -0.2) is 36.9 Å². The topological polar surface area (TPSA) is 55.3 Å². The lowest BCUT2D eigenvalue weighted by atomic mass is 10.0. The van der Waals surface area contributed by atoms with E-state index in [9.17, 15) is 4.79 Å². The fourth-order valence-electron chi connectivity index (χ4n) is 2.45. The van der Waals surface area contributed by atoms with Gasteiger partial charge in [0.05, 0.1) is 19.2 Å². The van der Waals surface area contributed by atoms with Crippen LogP contribution < -0.4 is 4.90 Å². The van der Waals surface area contributed by atoms with Gasteiger partial charge in [0, 0.05) is 19.5 Å². The predicted molar refractivity (Wildman–Crippen MR) is 73.1 cm³/mol. The molecular formula is C14H21N3O2. The molecule has 1 aliphatic rings. The molecule has 5 nitrogen and oxygen atoms in total. The second-order valence-corrected chi connectivity index (χ2v) is 5.05. The number of rotatable bonds is 5. The van der Waals surface area contributed by atoms with Crippen molar-refractivity contribution >= 4 is 11.8 Å². The number of ether oxygens (including phenoxy) is 1. The molecule has 0 radical (unpaired) electrons. The molecule has 0 saturated heterocycles. The monoisotopic (exact) mass is 263 g/mol. The molecule has 0 spiro atoms. The lowest BCUT2D eigenvalue weighted by Gasteiger charge is -2.17. The minimum atomic E-state index is -0.206. The van der Waals surface area contributed by atoms with Crippen LogP contribution in [0.4, 0.5) is 5.82 Å². The van der Waals surface area contributed by atoms with Crippen molar-refractivity contribution in [3.8, 4) is 0 Å². The largest absolute Gasteiger partial charge is 0.469 e. The highest BCUT2D eigenvalue weighted by atomic mass is 16.5. The van der Waals surface area contributed by atoms with Crippen LogP contribution in [-0.2, 0) is 9.53 Å². The van der Waals surface area contributed by atoms with Gasteiger partial charge in [-0.05, 0) is 25.0 Å². The van der Waals surface area contributed by atoms with E-state index in [1.165, 1.54) is 32.8 Å². The molecule has 1 fully saturated rings. The van der Waals surface area contributed by atoms with E-state index in [4.69, 9.17) is 0 Å². The Balaban J connectivity index is 1.91. The maximum Gasteiger partial charge on any atom is 0.307 e. The molecule has 0 aliphatic heterocycles. The smallest absolute Gasteiger partial charge is 0.307 e. The first-order chi connectivity index (χ1) is 9.20. The third kappa shape index (κ3) is 3.66. The summed E-state index contributed by atoms with van der Waals surface area (Å²) in [6.07, 6.45) is 5.41. The number of anilines is 1. The van der Waals surface area contributed by atoms with E-state index in [2.05, 4.69) is 21.0 Å². The summed E-state index contributed by atoms with van der Waals surface area (Å²) in [4.78, 5) is 13.0. The van der Waals surface area contributed by atoms with E-state index < -0.39 is 0 Å². The molecule has 104 valence electrons. The number of carbonyl (C=O) groups excluding carboxylic acids is 1. The third-order valence-corrected chi connectivity index (χ3v) is 3.71. The van der Waals surface area contributed by atoms with E-state index in [0.717, 1.165) is 11.5 Å². The normalized spacial score (nSPS) is 15.5. The van der Waals surface area contributed by atoms with E-state index in [0.29, 0.717) is 18.9 Å². The molecule has 19 heavy (non-hydrogen) atoms. The molecule has 0 unspecified atom stereocenters. The van der Waals surface area contributed by atoms with E-state index in [-0.39, 0.29) is 5.97 Å². The molecule has 0 amide bonds. The molecule has 1 saturated carbocycles. The number of esters is 1. The standard InChI is InChI=1S/C14H21N3O2/c1-17(10-9-14(18)19-2)13-8-7-12(15-16-13)11-5-3-4-6-11/h7-8,11H,3-6,9-10H2,1-2H3. The molecule has 0 bridgehead atoms. The zero-order valence-corrected chi connectivity index (χ0v) is 11.6. The predicted octanol–water partition coefficient (Wildman–Crippen LogP) is 2.13. The Morgan fingerprint density at radius 2 is 2.11 bits per heavy atom. The van der Waals surface area contributed by atoms with Crippen LogP contribution in [0.1, 0.15) is 43.7 Å². The Morgan fingerprint density at radius 1 is 1.37 bits per heavy atom. The number of aromatic nitrogens is 2. The van der Waals surface area contributed by atoms with E-state index >= 15 is 0 Å². The molecule has 1 aliphatic carbocycles. The number of carbonyl (C=O) groups is 1. The van der Waals surface area contributed by atoms with Crippen molar-refractivity contribution in [2.24, 2.45) is 0 Å². The molecule has 0 aromatic carbocycles. The quantitative estimate of drug-likeness (QED) is 0.762. The Hall–Kier alpha value is -1.65. The molecule has 0 atom stereocenters. The summed E-state index contributed by atoms with van der Waals surface area (Å²) in [5.74, 6) is 1.18. The van der Waals surface area contributed by atoms with Crippen molar-refractivity contribution in [2.45, 2.75) is 38.0 Å². The number of hydrogen-bond acceptors (Lipinski definition) is 5. The first kappa shape index (κ1) is 13.8. The van der Waals surface area contributed by atoms with Crippen LogP contribution in [0, 0.1) is 0 Å². The van der Waals surface area contributed by atoms with Crippen LogP contribution in [0.3, 0.4) is 0 Å². The van der Waals surface area contributed by atoms with Crippen molar-refractivity contribution in [3.63, 3.8) is 0 Å². The first-order valence-corrected chi connectivity index (χ1v) is 6.82. The summed E-state index contributed by atoms with van der Waals surface area (Å²) < 4.78 is 4.62. The van der Waals surface area contributed by atoms with Gasteiger partial charge in [-0.1, -0.05) is 12.8 Å². The van der Waals surface area contributed by atoms with E-state index in [1.807, 2.05) is 18.0 Å². The lowest BCUT2D eigenvalue weighted by molar-refractivity contribution is -0.140. The summed E-state index contributed by atoms with van der Waals surface area (Å²) in [7, 11) is 3.31. The van der Waals surface area contributed by atoms with Gasteiger partial charge in [0.25, 0.3) is 0 Å². The molecule has 1 aromatic rings. The van der Waals surface area contributed by atoms with Crippen molar-refractivity contribution in [1.29, 1.82) is 0 Å². The highest BCUT2D eigenvalue weighted by Gasteiger charge is 2.18. The zero-order valence-electron chi connectivity index (χ0n) is 11.6. The number of methoxy groups -OCH3 is 1. The molecule has 5 heteroatoms. The molecule has 2 rings (SSSR count). The third-order valence-electron chi connectivity index (χ3n) is 3.71. The summed E-state index contributed by atoms with van der Waals surface area (Å²) in [6.45, 7) is 0.587. The maximum absolute atomic E-state index is 11.1.